The van der Waals surface area contributed by atoms with Crippen LogP contribution < -0.4 is 0 Å². The highest BCUT2D eigenvalue weighted by Gasteiger charge is 2.51. The largest absolute Gasteiger partial charge is 0.393 e. The molecule has 1 N–H and O–H groups in total. The second kappa shape index (κ2) is 24.9. The Kier molecular flexibility index (Phi) is 23.8. The maximum absolute atomic E-state index is 9.09. The number of rotatable bonds is 5. The van der Waals surface area contributed by atoms with Gasteiger partial charge < -0.3 is 33.9 Å². The molecule has 0 aromatic heterocycles. The Morgan fingerprint density at radius 3 is 1.65 bits per heavy atom. The van der Waals surface area contributed by atoms with Crippen LogP contribution in [0.3, 0.4) is 0 Å². The highest BCUT2D eigenvalue weighted by molar-refractivity contribution is 5.04. The maximum atomic E-state index is 9.09. The third-order valence-corrected chi connectivity index (χ3v) is 11.5. The summed E-state index contributed by atoms with van der Waals surface area (Å²) in [6.45, 7) is 42.6. The fourth-order valence-corrected chi connectivity index (χ4v) is 8.30. The van der Waals surface area contributed by atoms with Crippen molar-refractivity contribution >= 4 is 0 Å². The lowest BCUT2D eigenvalue weighted by Crippen LogP contribution is -2.65. The molecule has 9 heteroatoms. The fraction of sp³-hybridized carbons (Fsp3) is 1.00. The van der Waals surface area contributed by atoms with Gasteiger partial charge in [-0.3, -0.25) is 9.80 Å². The van der Waals surface area contributed by atoms with E-state index in [2.05, 4.69) is 61.1 Å². The summed E-state index contributed by atoms with van der Waals surface area (Å²) in [7, 11) is 1.75. The van der Waals surface area contributed by atoms with Crippen LogP contribution in [0.2, 0.25) is 0 Å². The van der Waals surface area contributed by atoms with E-state index in [1.54, 1.807) is 7.11 Å². The van der Waals surface area contributed by atoms with Gasteiger partial charge in [-0.15, -0.1) is 0 Å². The van der Waals surface area contributed by atoms with Crippen LogP contribution in [0.15, 0.2) is 0 Å². The zero-order chi connectivity index (χ0) is 38.6. The fourth-order valence-electron chi connectivity index (χ4n) is 8.30. The molecular weight excluding hydrogens is 640 g/mol. The second-order valence-corrected chi connectivity index (χ2v) is 15.9. The molecule has 3 spiro atoms. The first kappa shape index (κ1) is 48.7. The SMILES string of the molecule is CC.CC.CC.CC(C)N1CC2(CCCCO2)C1.CCN1CC2(CC(O)C2)C1.CCN1CC2(CCCOC2)C1.CCN1CCOCC(C)(OC)C1. The summed E-state index contributed by atoms with van der Waals surface area (Å²) in [5.41, 5.74) is 1.30. The quantitative estimate of drug-likeness (QED) is 0.321. The van der Waals surface area contributed by atoms with Gasteiger partial charge in [0.25, 0.3) is 0 Å². The van der Waals surface area contributed by atoms with E-state index in [4.69, 9.17) is 24.1 Å². The van der Waals surface area contributed by atoms with Gasteiger partial charge in [-0.05, 0) is 85.4 Å². The summed E-state index contributed by atoms with van der Waals surface area (Å²) in [5, 5.41) is 9.09. The number of likely N-dealkylation sites (N-methyl/N-ethyl adjacent to an activating group) is 1. The summed E-state index contributed by atoms with van der Waals surface area (Å²) in [6, 6.07) is 0.696. The van der Waals surface area contributed by atoms with Crippen molar-refractivity contribution in [2.45, 2.75) is 151 Å². The van der Waals surface area contributed by atoms with Crippen molar-refractivity contribution in [3.63, 3.8) is 0 Å². The van der Waals surface area contributed by atoms with Crippen molar-refractivity contribution in [2.24, 2.45) is 10.8 Å². The predicted molar refractivity (Wildman–Crippen MR) is 216 cm³/mol. The van der Waals surface area contributed by atoms with Crippen LogP contribution in [-0.4, -0.2) is 160 Å². The standard InChI is InChI=1S/C10H19NO.C9H19NO2.C9H17NO.C8H15NO.3C2H6/c1-9(2)11-7-10(8-11)5-3-4-6-12-10;1-4-10-5-6-12-8-9(2,7-10)11-3;1-2-10-6-9(7-10)4-3-5-11-8-9;1-2-9-5-8(6-9)3-7(10)4-8;3*1-2/h9H,3-8H2,1-2H3;4-8H2,1-3H3;2-8H2,1H3;7,10H,2-6H2,1H3;3*1-2H3. The molecule has 7 aliphatic rings. The molecule has 6 heterocycles. The van der Waals surface area contributed by atoms with E-state index in [0.717, 1.165) is 58.9 Å². The lowest BCUT2D eigenvalue weighted by Gasteiger charge is -2.57. The molecule has 0 bridgehead atoms. The van der Waals surface area contributed by atoms with E-state index in [-0.39, 0.29) is 17.3 Å². The average Bonchev–Trinajstić information content (AvgIpc) is 3.32. The number of nitrogens with zero attached hydrogens (tertiary/aromatic N) is 4. The molecule has 1 aliphatic carbocycles. The van der Waals surface area contributed by atoms with E-state index in [1.807, 2.05) is 41.5 Å². The highest BCUT2D eigenvalue weighted by atomic mass is 16.5. The van der Waals surface area contributed by atoms with Crippen LogP contribution in [0.1, 0.15) is 128 Å². The molecule has 0 aromatic rings. The Labute approximate surface area is 317 Å². The number of aliphatic hydroxyl groups is 1. The lowest BCUT2D eigenvalue weighted by atomic mass is 9.62. The molecule has 1 saturated carbocycles. The van der Waals surface area contributed by atoms with Crippen LogP contribution in [0.4, 0.5) is 0 Å². The van der Waals surface area contributed by atoms with Gasteiger partial charge in [-0.25, -0.2) is 0 Å². The minimum Gasteiger partial charge on any atom is -0.393 e. The number of hydrogen-bond donors (Lipinski definition) is 1. The third kappa shape index (κ3) is 15.4. The third-order valence-electron chi connectivity index (χ3n) is 11.5. The number of ether oxygens (including phenoxy) is 4. The number of aliphatic hydroxyl groups excluding tert-OH is 1. The molecule has 6 saturated heterocycles. The zero-order valence-corrected chi connectivity index (χ0v) is 36.3. The van der Waals surface area contributed by atoms with E-state index in [1.165, 1.54) is 84.5 Å². The molecule has 7 rings (SSSR count). The van der Waals surface area contributed by atoms with E-state index < -0.39 is 0 Å². The van der Waals surface area contributed by atoms with E-state index in [9.17, 15) is 0 Å². The summed E-state index contributed by atoms with van der Waals surface area (Å²) in [6.07, 6.45) is 8.73. The molecular formula is C42H88N4O5. The molecule has 6 aliphatic heterocycles. The molecule has 1 atom stereocenters. The van der Waals surface area contributed by atoms with Crippen LogP contribution >= 0.6 is 0 Å². The Balaban J connectivity index is 0.000000324. The maximum Gasteiger partial charge on any atom is 0.101 e. The Morgan fingerprint density at radius 2 is 1.22 bits per heavy atom. The van der Waals surface area contributed by atoms with Gasteiger partial charge in [0.2, 0.25) is 0 Å². The Bertz CT molecular complexity index is 836. The first-order valence-electron chi connectivity index (χ1n) is 21.4. The molecule has 1 unspecified atom stereocenters. The number of likely N-dealkylation sites (tertiary alicyclic amines) is 3. The van der Waals surface area contributed by atoms with Gasteiger partial charge in [-0.2, -0.15) is 0 Å². The summed E-state index contributed by atoms with van der Waals surface area (Å²) in [5.74, 6) is 0. The highest BCUT2D eigenvalue weighted by Crippen LogP contribution is 2.48. The van der Waals surface area contributed by atoms with Gasteiger partial charge in [0.05, 0.1) is 31.5 Å². The van der Waals surface area contributed by atoms with Crippen LogP contribution in [-0.2, 0) is 18.9 Å². The van der Waals surface area contributed by atoms with Crippen molar-refractivity contribution in [1.82, 2.24) is 19.6 Å². The molecule has 306 valence electrons. The Morgan fingerprint density at radius 1 is 0.667 bits per heavy atom. The monoisotopic (exact) mass is 729 g/mol. The molecule has 9 nitrogen and oxygen atoms in total. The van der Waals surface area contributed by atoms with Gasteiger partial charge in [0.1, 0.15) is 5.60 Å². The van der Waals surface area contributed by atoms with Crippen LogP contribution in [0.25, 0.3) is 0 Å². The van der Waals surface area contributed by atoms with Gasteiger partial charge in [0, 0.05) is 89.6 Å². The minimum atomic E-state index is -0.119. The minimum absolute atomic E-state index is 0.0269. The van der Waals surface area contributed by atoms with Crippen molar-refractivity contribution in [2.75, 3.05) is 112 Å². The summed E-state index contributed by atoms with van der Waals surface area (Å²) < 4.78 is 22.2. The van der Waals surface area contributed by atoms with E-state index >= 15 is 0 Å². The van der Waals surface area contributed by atoms with Crippen LogP contribution in [0, 0.1) is 10.8 Å². The normalized spacial score (nSPS) is 27.8. The van der Waals surface area contributed by atoms with Gasteiger partial charge in [-0.1, -0.05) is 62.3 Å². The zero-order valence-electron chi connectivity index (χ0n) is 36.3. The second-order valence-electron chi connectivity index (χ2n) is 15.9. The molecule has 7 fully saturated rings. The number of methoxy groups -OCH3 is 1. The summed E-state index contributed by atoms with van der Waals surface area (Å²) in [4.78, 5) is 9.78. The average molecular weight is 729 g/mol. The topological polar surface area (TPSA) is 70.1 Å². The molecule has 0 amide bonds. The smallest absolute Gasteiger partial charge is 0.101 e. The predicted octanol–water partition coefficient (Wildman–Crippen LogP) is 7.05. The molecule has 0 radical (unpaired) electrons. The van der Waals surface area contributed by atoms with Crippen LogP contribution in [0.5, 0.6) is 0 Å². The van der Waals surface area contributed by atoms with Crippen molar-refractivity contribution in [3.05, 3.63) is 0 Å². The summed E-state index contributed by atoms with van der Waals surface area (Å²) >= 11 is 0. The van der Waals surface area contributed by atoms with Gasteiger partial charge >= 0.3 is 0 Å². The number of hydrogen-bond acceptors (Lipinski definition) is 9. The van der Waals surface area contributed by atoms with Gasteiger partial charge in [0.15, 0.2) is 0 Å². The molecule has 51 heavy (non-hydrogen) atoms. The lowest BCUT2D eigenvalue weighted by molar-refractivity contribution is -0.173. The van der Waals surface area contributed by atoms with Crippen molar-refractivity contribution in [3.8, 4) is 0 Å². The first-order chi connectivity index (χ1) is 24.5. The Hall–Kier alpha value is -0.360. The molecule has 0 aromatic carbocycles. The van der Waals surface area contributed by atoms with E-state index in [0.29, 0.717) is 23.5 Å². The van der Waals surface area contributed by atoms with Crippen molar-refractivity contribution < 1.29 is 24.1 Å². The van der Waals surface area contributed by atoms with Crippen molar-refractivity contribution in [1.29, 1.82) is 0 Å². The first-order valence-corrected chi connectivity index (χ1v) is 21.4.